The van der Waals surface area contributed by atoms with Gasteiger partial charge in [-0.05, 0) is 42.0 Å². The number of para-hydroxylation sites is 1. The molecule has 3 atom stereocenters. The van der Waals surface area contributed by atoms with Crippen molar-refractivity contribution in [2.45, 2.75) is 37.1 Å². The molecule has 2 aromatic rings. The number of rotatable bonds is 1. The van der Waals surface area contributed by atoms with Gasteiger partial charge in [-0.3, -0.25) is 4.79 Å². The number of likely N-dealkylation sites (tertiary alicyclic amines) is 1. The van der Waals surface area contributed by atoms with Gasteiger partial charge in [-0.25, -0.2) is 0 Å². The quantitative estimate of drug-likeness (QED) is 0.872. The number of carbonyl (C=O) groups is 1. The van der Waals surface area contributed by atoms with Crippen molar-refractivity contribution in [2.24, 2.45) is 0 Å². The smallest absolute Gasteiger partial charge is 0.232 e. The van der Waals surface area contributed by atoms with Gasteiger partial charge in [0, 0.05) is 30.7 Å². The van der Waals surface area contributed by atoms with E-state index in [-0.39, 0.29) is 5.92 Å². The third-order valence-corrected chi connectivity index (χ3v) is 6.08. The summed E-state index contributed by atoms with van der Waals surface area (Å²) in [5.74, 6) is 0.821. The Bertz CT molecular complexity index is 800. The minimum absolute atomic E-state index is 0.0244. The van der Waals surface area contributed by atoms with E-state index in [4.69, 9.17) is 0 Å². The van der Waals surface area contributed by atoms with Crippen LogP contribution in [0.15, 0.2) is 48.5 Å². The molecule has 122 valence electrons. The molecule has 1 fully saturated rings. The van der Waals surface area contributed by atoms with E-state index in [1.54, 1.807) is 0 Å². The van der Waals surface area contributed by atoms with Crippen LogP contribution in [0.3, 0.4) is 0 Å². The predicted molar refractivity (Wildman–Crippen MR) is 95.3 cm³/mol. The summed E-state index contributed by atoms with van der Waals surface area (Å²) in [5.41, 5.74) is 5.21. The van der Waals surface area contributed by atoms with Crippen LogP contribution in [0.5, 0.6) is 0 Å². The number of amides is 1. The highest BCUT2D eigenvalue weighted by Crippen LogP contribution is 2.43. The standard InChI is InChI=1S/C21H22N2O/c24-21(18-13-22-19-10-4-3-8-16(18)19)23-11-5-9-17-15-7-2-1-6-14(15)12-20(17)23/h1-4,6-8,10,17-18,20,22H,5,9,11-13H2. The van der Waals surface area contributed by atoms with Crippen molar-refractivity contribution in [3.05, 3.63) is 65.2 Å². The first-order valence-corrected chi connectivity index (χ1v) is 9.04. The number of hydrogen-bond acceptors (Lipinski definition) is 2. The van der Waals surface area contributed by atoms with Crippen LogP contribution in [-0.2, 0) is 11.2 Å². The van der Waals surface area contributed by atoms with Crippen molar-refractivity contribution < 1.29 is 4.79 Å². The average molecular weight is 318 g/mol. The SMILES string of the molecule is O=C(C1CNc2ccccc21)N1CCCC2c3ccccc3CC21. The lowest BCUT2D eigenvalue weighted by molar-refractivity contribution is -0.136. The monoisotopic (exact) mass is 318 g/mol. The Morgan fingerprint density at radius 3 is 2.75 bits per heavy atom. The fraction of sp³-hybridized carbons (Fsp3) is 0.381. The Balaban J connectivity index is 1.45. The van der Waals surface area contributed by atoms with Crippen LogP contribution in [0, 0.1) is 0 Å². The lowest BCUT2D eigenvalue weighted by Crippen LogP contribution is -2.48. The van der Waals surface area contributed by atoms with E-state index in [0.29, 0.717) is 17.9 Å². The van der Waals surface area contributed by atoms with E-state index in [0.717, 1.165) is 31.6 Å². The first kappa shape index (κ1) is 14.1. The minimum Gasteiger partial charge on any atom is -0.384 e. The van der Waals surface area contributed by atoms with Crippen LogP contribution < -0.4 is 5.32 Å². The molecule has 3 aliphatic rings. The molecule has 1 amide bonds. The topological polar surface area (TPSA) is 32.3 Å². The summed E-state index contributed by atoms with van der Waals surface area (Å²) >= 11 is 0. The van der Waals surface area contributed by atoms with Crippen LogP contribution in [0.1, 0.15) is 41.4 Å². The molecule has 3 unspecified atom stereocenters. The Morgan fingerprint density at radius 2 is 1.83 bits per heavy atom. The summed E-state index contributed by atoms with van der Waals surface area (Å²) in [4.78, 5) is 15.5. The zero-order valence-electron chi connectivity index (χ0n) is 13.7. The van der Waals surface area contributed by atoms with Crippen LogP contribution in [0.25, 0.3) is 0 Å². The van der Waals surface area contributed by atoms with Gasteiger partial charge >= 0.3 is 0 Å². The second kappa shape index (κ2) is 5.37. The van der Waals surface area contributed by atoms with Gasteiger partial charge in [0.05, 0.1) is 5.92 Å². The zero-order valence-corrected chi connectivity index (χ0v) is 13.7. The van der Waals surface area contributed by atoms with Crippen LogP contribution in [0.4, 0.5) is 5.69 Å². The molecule has 1 aliphatic carbocycles. The van der Waals surface area contributed by atoms with Crippen LogP contribution in [-0.4, -0.2) is 29.9 Å². The number of fused-ring (bicyclic) bond motifs is 4. The van der Waals surface area contributed by atoms with E-state index in [2.05, 4.69) is 46.6 Å². The maximum atomic E-state index is 13.3. The highest BCUT2D eigenvalue weighted by molar-refractivity contribution is 5.88. The number of benzene rings is 2. The molecule has 2 aliphatic heterocycles. The van der Waals surface area contributed by atoms with Gasteiger partial charge in [0.25, 0.3) is 0 Å². The summed E-state index contributed by atoms with van der Waals surface area (Å²) in [6, 6.07) is 17.4. The molecule has 3 nitrogen and oxygen atoms in total. The van der Waals surface area contributed by atoms with E-state index < -0.39 is 0 Å². The van der Waals surface area contributed by atoms with Crippen molar-refractivity contribution in [1.29, 1.82) is 0 Å². The molecule has 5 rings (SSSR count). The second-order valence-electron chi connectivity index (χ2n) is 7.27. The minimum atomic E-state index is -0.0244. The third-order valence-electron chi connectivity index (χ3n) is 6.08. The lowest BCUT2D eigenvalue weighted by atomic mass is 9.87. The van der Waals surface area contributed by atoms with Crippen molar-refractivity contribution in [1.82, 2.24) is 4.90 Å². The zero-order chi connectivity index (χ0) is 16.1. The van der Waals surface area contributed by atoms with Gasteiger partial charge in [-0.1, -0.05) is 42.5 Å². The van der Waals surface area contributed by atoms with Crippen LogP contribution >= 0.6 is 0 Å². The largest absolute Gasteiger partial charge is 0.384 e. The van der Waals surface area contributed by atoms with E-state index in [1.165, 1.54) is 23.1 Å². The molecule has 1 saturated heterocycles. The van der Waals surface area contributed by atoms with Gasteiger partial charge in [-0.15, -0.1) is 0 Å². The number of nitrogens with one attached hydrogen (secondary N) is 1. The molecule has 3 heteroatoms. The van der Waals surface area contributed by atoms with Gasteiger partial charge < -0.3 is 10.2 Å². The molecule has 2 aromatic carbocycles. The summed E-state index contributed by atoms with van der Waals surface area (Å²) < 4.78 is 0. The predicted octanol–water partition coefficient (Wildman–Crippen LogP) is 3.53. The summed E-state index contributed by atoms with van der Waals surface area (Å²) in [5, 5.41) is 3.40. The molecule has 2 heterocycles. The Kier molecular flexibility index (Phi) is 3.15. The van der Waals surface area contributed by atoms with Gasteiger partial charge in [0.2, 0.25) is 5.91 Å². The molecule has 0 bridgehead atoms. The maximum Gasteiger partial charge on any atom is 0.232 e. The van der Waals surface area contributed by atoms with Gasteiger partial charge in [0.15, 0.2) is 0 Å². The normalized spacial score (nSPS) is 27.2. The summed E-state index contributed by atoms with van der Waals surface area (Å²) in [6.45, 7) is 1.64. The molecule has 24 heavy (non-hydrogen) atoms. The lowest BCUT2D eigenvalue weighted by Gasteiger charge is -2.39. The van der Waals surface area contributed by atoms with Crippen LogP contribution in [0.2, 0.25) is 0 Å². The number of anilines is 1. The first-order valence-electron chi connectivity index (χ1n) is 9.04. The highest BCUT2D eigenvalue weighted by atomic mass is 16.2. The Labute approximate surface area is 142 Å². The number of piperidine rings is 1. The molecular formula is C21H22N2O. The molecule has 1 N–H and O–H groups in total. The molecule has 0 saturated carbocycles. The van der Waals surface area contributed by atoms with Crippen molar-refractivity contribution >= 4 is 11.6 Å². The Hall–Kier alpha value is -2.29. The Morgan fingerprint density at radius 1 is 1.04 bits per heavy atom. The molecule has 0 radical (unpaired) electrons. The van der Waals surface area contributed by atoms with Crippen molar-refractivity contribution in [2.75, 3.05) is 18.4 Å². The van der Waals surface area contributed by atoms with Gasteiger partial charge in [-0.2, -0.15) is 0 Å². The fourth-order valence-electron chi connectivity index (χ4n) is 4.96. The average Bonchev–Trinajstić information content (AvgIpc) is 3.22. The summed E-state index contributed by atoms with van der Waals surface area (Å²) in [6.07, 6.45) is 3.35. The third kappa shape index (κ3) is 2.00. The fourth-order valence-corrected chi connectivity index (χ4v) is 4.96. The molecular weight excluding hydrogens is 296 g/mol. The van der Waals surface area contributed by atoms with E-state index >= 15 is 0 Å². The second-order valence-corrected chi connectivity index (χ2v) is 7.27. The number of hydrogen-bond donors (Lipinski definition) is 1. The molecule has 0 spiro atoms. The van der Waals surface area contributed by atoms with Gasteiger partial charge in [0.1, 0.15) is 0 Å². The van der Waals surface area contributed by atoms with E-state index in [1.807, 2.05) is 12.1 Å². The first-order chi connectivity index (χ1) is 11.8. The number of carbonyl (C=O) groups excluding carboxylic acids is 1. The molecule has 0 aromatic heterocycles. The van der Waals surface area contributed by atoms with Crippen molar-refractivity contribution in [3.8, 4) is 0 Å². The number of nitrogens with zero attached hydrogens (tertiary/aromatic N) is 1. The van der Waals surface area contributed by atoms with E-state index in [9.17, 15) is 4.79 Å². The van der Waals surface area contributed by atoms with Crippen molar-refractivity contribution in [3.63, 3.8) is 0 Å². The maximum absolute atomic E-state index is 13.3. The highest BCUT2D eigenvalue weighted by Gasteiger charge is 2.43. The summed E-state index contributed by atoms with van der Waals surface area (Å²) in [7, 11) is 0.